The Balaban J connectivity index is 1.53. The van der Waals surface area contributed by atoms with Crippen LogP contribution in [0.2, 0.25) is 0 Å². The second-order valence-electron chi connectivity index (χ2n) is 8.13. The number of rotatable bonds is 7. The van der Waals surface area contributed by atoms with Gasteiger partial charge < -0.3 is 38.7 Å². The molecule has 1 aromatic heterocycles. The van der Waals surface area contributed by atoms with E-state index in [9.17, 15) is 24.9 Å². The Kier molecular flexibility index (Phi) is 7.70. The van der Waals surface area contributed by atoms with E-state index in [1.807, 2.05) is 0 Å². The number of aliphatic hydroxyl groups is 3. The summed E-state index contributed by atoms with van der Waals surface area (Å²) < 4.78 is 27.0. The molecule has 1 aliphatic rings. The summed E-state index contributed by atoms with van der Waals surface area (Å²) in [6.45, 7) is 1.28. The first kappa shape index (κ1) is 25.4. The molecule has 190 valence electrons. The van der Waals surface area contributed by atoms with Crippen LogP contribution in [0, 0.1) is 0 Å². The molecule has 36 heavy (non-hydrogen) atoms. The molecule has 3 N–H and O–H groups in total. The van der Waals surface area contributed by atoms with Crippen LogP contribution in [0.3, 0.4) is 0 Å². The average Bonchev–Trinajstić information content (AvgIpc) is 2.89. The molecular weight excluding hydrogens is 472 g/mol. The fourth-order valence-electron chi connectivity index (χ4n) is 3.79. The van der Waals surface area contributed by atoms with Gasteiger partial charge >= 0.3 is 5.97 Å². The van der Waals surface area contributed by atoms with Crippen molar-refractivity contribution in [3.8, 4) is 22.6 Å². The molecule has 4 rings (SSSR count). The largest absolute Gasteiger partial charge is 0.497 e. The molecule has 0 bridgehead atoms. The lowest BCUT2D eigenvalue weighted by Crippen LogP contribution is -2.60. The molecule has 1 aliphatic heterocycles. The molecule has 10 heteroatoms. The second kappa shape index (κ2) is 10.9. The van der Waals surface area contributed by atoms with E-state index in [2.05, 4.69) is 0 Å². The number of hydrogen-bond donors (Lipinski definition) is 3. The summed E-state index contributed by atoms with van der Waals surface area (Å²) in [5, 5.41) is 31.1. The van der Waals surface area contributed by atoms with E-state index >= 15 is 0 Å². The van der Waals surface area contributed by atoms with Crippen molar-refractivity contribution in [2.75, 3.05) is 13.7 Å². The van der Waals surface area contributed by atoms with Crippen molar-refractivity contribution in [1.82, 2.24) is 0 Å². The van der Waals surface area contributed by atoms with Gasteiger partial charge in [-0.3, -0.25) is 4.79 Å². The van der Waals surface area contributed by atoms with Gasteiger partial charge in [0.1, 0.15) is 54.4 Å². The minimum Gasteiger partial charge on any atom is -0.497 e. The third-order valence-corrected chi connectivity index (χ3v) is 5.76. The zero-order valence-electron chi connectivity index (χ0n) is 19.6. The van der Waals surface area contributed by atoms with Crippen molar-refractivity contribution in [2.45, 2.75) is 37.6 Å². The third kappa shape index (κ3) is 5.26. The van der Waals surface area contributed by atoms with Crippen LogP contribution < -0.4 is 14.9 Å². The van der Waals surface area contributed by atoms with Gasteiger partial charge in [-0.05, 0) is 36.8 Å². The molecule has 5 atom stereocenters. The predicted octanol–water partition coefficient (Wildman–Crippen LogP) is 1.77. The lowest BCUT2D eigenvalue weighted by Gasteiger charge is -2.39. The van der Waals surface area contributed by atoms with Crippen molar-refractivity contribution in [3.63, 3.8) is 0 Å². The number of carbonyl (C=O) groups is 1. The van der Waals surface area contributed by atoms with Gasteiger partial charge in [-0.2, -0.15) is 0 Å². The molecular formula is C26H26O10. The van der Waals surface area contributed by atoms with E-state index in [1.165, 1.54) is 36.6 Å². The summed E-state index contributed by atoms with van der Waals surface area (Å²) in [5.74, 6) is 0.193. The number of aliphatic hydroxyl groups excluding tert-OH is 3. The van der Waals surface area contributed by atoms with E-state index in [0.717, 1.165) is 0 Å². The second-order valence-corrected chi connectivity index (χ2v) is 8.13. The SMILES string of the molecule is C/C=C/C(=O)OC[C@H]1O[C@@H](Oc2ccc3c(=O)c(-c4ccc(OC)cc4)coc3c2)[C@H](O)[C@@H](O)[C@@H]1O. The minimum atomic E-state index is -1.61. The van der Waals surface area contributed by atoms with Gasteiger partial charge in [0.2, 0.25) is 6.29 Å². The zero-order valence-corrected chi connectivity index (χ0v) is 19.6. The van der Waals surface area contributed by atoms with Gasteiger partial charge in [-0.15, -0.1) is 0 Å². The quantitative estimate of drug-likeness (QED) is 0.326. The summed E-state index contributed by atoms with van der Waals surface area (Å²) >= 11 is 0. The van der Waals surface area contributed by atoms with E-state index in [0.29, 0.717) is 22.3 Å². The molecule has 1 fully saturated rings. The van der Waals surface area contributed by atoms with Gasteiger partial charge in [-0.1, -0.05) is 18.2 Å². The van der Waals surface area contributed by atoms with Crippen LogP contribution in [0.1, 0.15) is 6.92 Å². The first-order chi connectivity index (χ1) is 17.3. The predicted molar refractivity (Wildman–Crippen MR) is 128 cm³/mol. The highest BCUT2D eigenvalue weighted by atomic mass is 16.7. The maximum absolute atomic E-state index is 13.0. The molecule has 0 saturated carbocycles. The number of esters is 1. The Hall–Kier alpha value is -3.70. The monoisotopic (exact) mass is 498 g/mol. The fourth-order valence-corrected chi connectivity index (χ4v) is 3.79. The Bertz CT molecular complexity index is 1300. The number of methoxy groups -OCH3 is 1. The molecule has 1 saturated heterocycles. The van der Waals surface area contributed by atoms with Gasteiger partial charge in [0, 0.05) is 12.1 Å². The van der Waals surface area contributed by atoms with Gasteiger partial charge in [-0.25, -0.2) is 4.79 Å². The molecule has 2 heterocycles. The summed E-state index contributed by atoms with van der Waals surface area (Å²) in [4.78, 5) is 24.6. The van der Waals surface area contributed by atoms with Crippen LogP contribution in [-0.4, -0.2) is 65.7 Å². The van der Waals surface area contributed by atoms with Crippen molar-refractivity contribution in [2.24, 2.45) is 0 Å². The van der Waals surface area contributed by atoms with E-state index in [1.54, 1.807) is 38.3 Å². The summed E-state index contributed by atoms with van der Waals surface area (Å²) in [6, 6.07) is 11.4. The van der Waals surface area contributed by atoms with Crippen LogP contribution in [-0.2, 0) is 14.3 Å². The number of allylic oxidation sites excluding steroid dienone is 1. The highest BCUT2D eigenvalue weighted by molar-refractivity contribution is 5.83. The maximum atomic E-state index is 13.0. The Morgan fingerprint density at radius 2 is 1.75 bits per heavy atom. The van der Waals surface area contributed by atoms with Crippen LogP contribution in [0.4, 0.5) is 0 Å². The number of carbonyl (C=O) groups excluding carboxylic acids is 1. The van der Waals surface area contributed by atoms with Gasteiger partial charge in [0.25, 0.3) is 0 Å². The standard InChI is InChI=1S/C26H26O10/c1-3-4-21(27)34-13-20-23(29)24(30)25(31)26(36-20)35-16-9-10-17-19(11-16)33-12-18(22(17)28)14-5-7-15(32-2)8-6-14/h3-12,20,23-26,29-31H,13H2,1-2H3/b4-3+/t20-,23-,24+,25-,26-/m1/s1. The molecule has 0 amide bonds. The maximum Gasteiger partial charge on any atom is 0.330 e. The molecule has 3 aromatic rings. The van der Waals surface area contributed by atoms with Crippen molar-refractivity contribution in [1.29, 1.82) is 0 Å². The highest BCUT2D eigenvalue weighted by Gasteiger charge is 2.45. The van der Waals surface area contributed by atoms with E-state index in [4.69, 9.17) is 23.4 Å². The lowest BCUT2D eigenvalue weighted by molar-refractivity contribution is -0.278. The third-order valence-electron chi connectivity index (χ3n) is 5.76. The summed E-state index contributed by atoms with van der Waals surface area (Å²) in [7, 11) is 1.55. The minimum absolute atomic E-state index is 0.181. The molecule has 0 unspecified atom stereocenters. The molecule has 2 aromatic carbocycles. The molecule has 0 radical (unpaired) electrons. The van der Waals surface area contributed by atoms with E-state index < -0.39 is 36.7 Å². The fraction of sp³-hybridized carbons (Fsp3) is 0.308. The smallest absolute Gasteiger partial charge is 0.330 e. The lowest BCUT2D eigenvalue weighted by atomic mass is 9.99. The Morgan fingerprint density at radius 1 is 1.03 bits per heavy atom. The van der Waals surface area contributed by atoms with Crippen LogP contribution in [0.25, 0.3) is 22.1 Å². The number of benzene rings is 2. The highest BCUT2D eigenvalue weighted by Crippen LogP contribution is 2.28. The number of ether oxygens (including phenoxy) is 4. The zero-order chi connectivity index (χ0) is 25.8. The van der Waals surface area contributed by atoms with Gasteiger partial charge in [0.05, 0.1) is 18.1 Å². The molecule has 0 aliphatic carbocycles. The normalized spacial score (nSPS) is 24.1. The first-order valence-corrected chi connectivity index (χ1v) is 11.2. The molecule has 0 spiro atoms. The van der Waals surface area contributed by atoms with Crippen LogP contribution in [0.15, 0.2) is 70.1 Å². The van der Waals surface area contributed by atoms with Gasteiger partial charge in [0.15, 0.2) is 5.43 Å². The van der Waals surface area contributed by atoms with E-state index in [-0.39, 0.29) is 23.4 Å². The van der Waals surface area contributed by atoms with Crippen molar-refractivity contribution in [3.05, 3.63) is 71.1 Å². The van der Waals surface area contributed by atoms with Crippen LogP contribution in [0.5, 0.6) is 11.5 Å². The Labute approximate surface area is 205 Å². The van der Waals surface area contributed by atoms with Crippen LogP contribution >= 0.6 is 0 Å². The molecule has 10 nitrogen and oxygen atoms in total. The Morgan fingerprint density at radius 3 is 2.44 bits per heavy atom. The average molecular weight is 498 g/mol. The van der Waals surface area contributed by atoms with Crippen molar-refractivity contribution >= 4 is 16.9 Å². The first-order valence-electron chi connectivity index (χ1n) is 11.2. The summed E-state index contributed by atoms with van der Waals surface area (Å²) in [6.07, 6.45) is -3.23. The van der Waals surface area contributed by atoms with Crippen molar-refractivity contribution < 1.29 is 43.5 Å². The summed E-state index contributed by atoms with van der Waals surface area (Å²) in [5.41, 5.74) is 1.03. The topological polar surface area (TPSA) is 145 Å². The number of hydrogen-bond acceptors (Lipinski definition) is 10. The number of fused-ring (bicyclic) bond motifs is 1.